The number of hydrogen-bond acceptors (Lipinski definition) is 4. The summed E-state index contributed by atoms with van der Waals surface area (Å²) in [6.45, 7) is 3.87. The number of halogens is 2. The van der Waals surface area contributed by atoms with Gasteiger partial charge in [0.25, 0.3) is 15.9 Å². The van der Waals surface area contributed by atoms with Gasteiger partial charge in [0.05, 0.1) is 15.6 Å². The van der Waals surface area contributed by atoms with Gasteiger partial charge in [-0.3, -0.25) is 9.52 Å². The number of benzene rings is 3. The Hall–Kier alpha value is -3.10. The largest absolute Gasteiger partial charge is 0.367 e. The molecule has 1 N–H and O–H groups in total. The normalized spacial score (nSPS) is 14.3. The molecule has 0 radical (unpaired) electrons. The second-order valence-electron chi connectivity index (χ2n) is 7.83. The van der Waals surface area contributed by atoms with E-state index < -0.39 is 15.8 Å². The van der Waals surface area contributed by atoms with E-state index in [1.807, 2.05) is 24.3 Å². The summed E-state index contributed by atoms with van der Waals surface area (Å²) in [4.78, 5) is 16.7. The summed E-state index contributed by atoms with van der Waals surface area (Å²) in [5.41, 5.74) is 1.90. The zero-order valence-corrected chi connectivity index (χ0v) is 19.5. The molecule has 33 heavy (non-hydrogen) atoms. The van der Waals surface area contributed by atoms with E-state index in [9.17, 15) is 17.6 Å². The SMILES string of the molecule is Cc1ccc(S(=O)(=O)Nc2cccc(C(=O)N3CCN(c4ccccc4Cl)CC3)c2)cc1F. The molecule has 0 aromatic heterocycles. The Balaban J connectivity index is 1.45. The van der Waals surface area contributed by atoms with Crippen molar-refractivity contribution in [3.8, 4) is 0 Å². The topological polar surface area (TPSA) is 69.7 Å². The molecule has 9 heteroatoms. The molecule has 6 nitrogen and oxygen atoms in total. The fourth-order valence-corrected chi connectivity index (χ4v) is 5.03. The first-order valence-electron chi connectivity index (χ1n) is 10.4. The van der Waals surface area contributed by atoms with Crippen molar-refractivity contribution < 1.29 is 17.6 Å². The molecule has 172 valence electrons. The molecule has 3 aromatic carbocycles. The van der Waals surface area contributed by atoms with Crippen LogP contribution in [0.4, 0.5) is 15.8 Å². The maximum Gasteiger partial charge on any atom is 0.261 e. The van der Waals surface area contributed by atoms with E-state index in [0.717, 1.165) is 11.8 Å². The van der Waals surface area contributed by atoms with Crippen LogP contribution in [0.15, 0.2) is 71.6 Å². The molecule has 0 unspecified atom stereocenters. The van der Waals surface area contributed by atoms with Crippen LogP contribution in [0.1, 0.15) is 15.9 Å². The van der Waals surface area contributed by atoms with Crippen LogP contribution in [0.3, 0.4) is 0 Å². The number of carbonyl (C=O) groups excluding carboxylic acids is 1. The number of aryl methyl sites for hydroxylation is 1. The lowest BCUT2D eigenvalue weighted by Crippen LogP contribution is -2.48. The van der Waals surface area contributed by atoms with Crippen LogP contribution in [0, 0.1) is 12.7 Å². The monoisotopic (exact) mass is 487 g/mol. The lowest BCUT2D eigenvalue weighted by molar-refractivity contribution is 0.0747. The van der Waals surface area contributed by atoms with E-state index in [-0.39, 0.29) is 16.5 Å². The first-order valence-corrected chi connectivity index (χ1v) is 12.3. The summed E-state index contributed by atoms with van der Waals surface area (Å²) < 4.78 is 41.6. The van der Waals surface area contributed by atoms with Gasteiger partial charge in [-0.25, -0.2) is 12.8 Å². The number of para-hydroxylation sites is 1. The van der Waals surface area contributed by atoms with Gasteiger partial charge in [0.15, 0.2) is 0 Å². The van der Waals surface area contributed by atoms with Crippen LogP contribution < -0.4 is 9.62 Å². The quantitative estimate of drug-likeness (QED) is 0.573. The maximum absolute atomic E-state index is 13.8. The summed E-state index contributed by atoms with van der Waals surface area (Å²) in [5, 5.41) is 0.672. The van der Waals surface area contributed by atoms with Crippen LogP contribution in [0.25, 0.3) is 0 Å². The van der Waals surface area contributed by atoms with E-state index in [0.29, 0.717) is 42.3 Å². The van der Waals surface area contributed by atoms with Gasteiger partial charge in [0, 0.05) is 37.4 Å². The van der Waals surface area contributed by atoms with E-state index in [2.05, 4.69) is 9.62 Å². The Bertz CT molecular complexity index is 1290. The molecule has 1 saturated heterocycles. The minimum absolute atomic E-state index is 0.182. The van der Waals surface area contributed by atoms with Crippen molar-refractivity contribution in [2.24, 2.45) is 0 Å². The van der Waals surface area contributed by atoms with Gasteiger partial charge in [-0.1, -0.05) is 35.9 Å². The van der Waals surface area contributed by atoms with Gasteiger partial charge in [-0.05, 0) is 55.0 Å². The predicted molar refractivity (Wildman–Crippen MR) is 128 cm³/mol. The number of nitrogens with one attached hydrogen (secondary N) is 1. The number of piperazine rings is 1. The summed E-state index contributed by atoms with van der Waals surface area (Å²) in [5.74, 6) is -0.783. The highest BCUT2D eigenvalue weighted by atomic mass is 35.5. The lowest BCUT2D eigenvalue weighted by atomic mass is 10.1. The maximum atomic E-state index is 13.8. The van der Waals surface area contributed by atoms with Crippen LogP contribution in [0.5, 0.6) is 0 Å². The summed E-state index contributed by atoms with van der Waals surface area (Å²) >= 11 is 6.28. The number of amides is 1. The molecule has 0 saturated carbocycles. The number of anilines is 2. The van der Waals surface area contributed by atoms with Gasteiger partial charge in [0.2, 0.25) is 0 Å². The fourth-order valence-electron chi connectivity index (χ4n) is 3.71. The minimum atomic E-state index is -4.00. The smallest absolute Gasteiger partial charge is 0.261 e. The van der Waals surface area contributed by atoms with E-state index in [4.69, 9.17) is 11.6 Å². The van der Waals surface area contributed by atoms with Gasteiger partial charge in [-0.15, -0.1) is 0 Å². The fraction of sp³-hybridized carbons (Fsp3) is 0.208. The zero-order chi connectivity index (χ0) is 23.6. The molecule has 1 aliphatic rings. The molecule has 0 bridgehead atoms. The van der Waals surface area contributed by atoms with Crippen molar-refractivity contribution in [2.75, 3.05) is 35.8 Å². The molecular formula is C24H23ClFN3O3S. The highest BCUT2D eigenvalue weighted by Crippen LogP contribution is 2.26. The average Bonchev–Trinajstić information content (AvgIpc) is 2.80. The van der Waals surface area contributed by atoms with Crippen LogP contribution >= 0.6 is 11.6 Å². The lowest BCUT2D eigenvalue weighted by Gasteiger charge is -2.36. The molecule has 1 heterocycles. The standard InChI is InChI=1S/C24H23ClFN3O3S/c1-17-9-10-20(16-22(17)26)33(31,32)27-19-6-4-5-18(15-19)24(30)29-13-11-28(12-14-29)23-8-3-2-7-21(23)25/h2-10,15-16,27H,11-14H2,1H3. The molecule has 1 fully saturated rings. The predicted octanol–water partition coefficient (Wildman–Crippen LogP) is 4.55. The van der Waals surface area contributed by atoms with Crippen molar-refractivity contribution in [1.82, 2.24) is 4.90 Å². The molecular weight excluding hydrogens is 465 g/mol. The average molecular weight is 488 g/mol. The van der Waals surface area contributed by atoms with E-state index in [1.54, 1.807) is 30.0 Å². The van der Waals surface area contributed by atoms with Crippen molar-refractivity contribution in [3.05, 3.63) is 88.7 Å². The molecule has 4 rings (SSSR count). The molecule has 0 aliphatic carbocycles. The highest BCUT2D eigenvalue weighted by Gasteiger charge is 2.24. The first-order chi connectivity index (χ1) is 15.7. The summed E-state index contributed by atoms with van der Waals surface area (Å²) in [7, 11) is -4.00. The van der Waals surface area contributed by atoms with Gasteiger partial charge in [0.1, 0.15) is 5.82 Å². The van der Waals surface area contributed by atoms with Gasteiger partial charge >= 0.3 is 0 Å². The summed E-state index contributed by atoms with van der Waals surface area (Å²) in [6, 6.07) is 17.6. The third kappa shape index (κ3) is 5.12. The third-order valence-corrected chi connectivity index (χ3v) is 7.27. The van der Waals surface area contributed by atoms with Crippen molar-refractivity contribution in [3.63, 3.8) is 0 Å². The van der Waals surface area contributed by atoms with Crippen LogP contribution in [0.2, 0.25) is 5.02 Å². The Morgan fingerprint density at radius 3 is 2.39 bits per heavy atom. The Morgan fingerprint density at radius 2 is 1.70 bits per heavy atom. The van der Waals surface area contributed by atoms with Gasteiger partial charge in [-0.2, -0.15) is 0 Å². The Labute approximate surface area is 197 Å². The zero-order valence-electron chi connectivity index (χ0n) is 18.0. The number of sulfonamides is 1. The number of rotatable bonds is 5. The van der Waals surface area contributed by atoms with Crippen LogP contribution in [-0.2, 0) is 10.0 Å². The number of hydrogen-bond donors (Lipinski definition) is 1. The molecule has 1 aliphatic heterocycles. The van der Waals surface area contributed by atoms with Crippen LogP contribution in [-0.4, -0.2) is 45.4 Å². The molecule has 1 amide bonds. The summed E-state index contributed by atoms with van der Waals surface area (Å²) in [6.07, 6.45) is 0. The molecule has 3 aromatic rings. The second-order valence-corrected chi connectivity index (χ2v) is 9.92. The molecule has 0 atom stereocenters. The minimum Gasteiger partial charge on any atom is -0.367 e. The van der Waals surface area contributed by atoms with Crippen molar-refractivity contribution in [1.29, 1.82) is 0 Å². The highest BCUT2D eigenvalue weighted by molar-refractivity contribution is 7.92. The third-order valence-electron chi connectivity index (χ3n) is 5.58. The van der Waals surface area contributed by atoms with E-state index >= 15 is 0 Å². The first kappa shape index (κ1) is 23.1. The Morgan fingerprint density at radius 1 is 0.970 bits per heavy atom. The second kappa shape index (κ2) is 9.41. The number of carbonyl (C=O) groups is 1. The Kier molecular flexibility index (Phi) is 6.58. The van der Waals surface area contributed by atoms with Crippen molar-refractivity contribution >= 4 is 38.9 Å². The number of nitrogens with zero attached hydrogens (tertiary/aromatic N) is 2. The van der Waals surface area contributed by atoms with Crippen molar-refractivity contribution in [2.45, 2.75) is 11.8 Å². The van der Waals surface area contributed by atoms with E-state index in [1.165, 1.54) is 18.2 Å². The van der Waals surface area contributed by atoms with Gasteiger partial charge < -0.3 is 9.80 Å². The molecule has 0 spiro atoms.